The van der Waals surface area contributed by atoms with E-state index >= 15 is 0 Å². The second kappa shape index (κ2) is 6.26. The van der Waals surface area contributed by atoms with Crippen LogP contribution in [0.4, 0.5) is 5.69 Å². The SMILES string of the molecule is CCc1c(N(C)CN(C)C)cc2c3c(cccc13)C(=O)c1ccccc1-2. The van der Waals surface area contributed by atoms with Crippen molar-refractivity contribution >= 4 is 22.2 Å². The minimum absolute atomic E-state index is 0.134. The number of hydrogen-bond donors (Lipinski definition) is 0. The molecule has 0 saturated heterocycles. The summed E-state index contributed by atoms with van der Waals surface area (Å²) in [4.78, 5) is 17.5. The minimum atomic E-state index is 0.134. The number of carbonyl (C=O) groups excluding carboxylic acids is 1. The average molecular weight is 344 g/mol. The van der Waals surface area contributed by atoms with Crippen LogP contribution in [0, 0.1) is 0 Å². The van der Waals surface area contributed by atoms with Crippen LogP contribution >= 0.6 is 0 Å². The summed E-state index contributed by atoms with van der Waals surface area (Å²) in [5.74, 6) is 0.134. The van der Waals surface area contributed by atoms with Gasteiger partial charge >= 0.3 is 0 Å². The molecule has 0 aliphatic heterocycles. The highest BCUT2D eigenvalue weighted by Crippen LogP contribution is 2.43. The van der Waals surface area contributed by atoms with E-state index in [1.807, 2.05) is 30.3 Å². The van der Waals surface area contributed by atoms with Gasteiger partial charge in [-0.15, -0.1) is 0 Å². The summed E-state index contributed by atoms with van der Waals surface area (Å²) >= 11 is 0. The van der Waals surface area contributed by atoms with E-state index in [0.29, 0.717) is 0 Å². The second-order valence-electron chi connectivity index (χ2n) is 7.30. The first-order valence-electron chi connectivity index (χ1n) is 9.11. The zero-order valence-electron chi connectivity index (χ0n) is 15.8. The third-order valence-electron chi connectivity index (χ3n) is 5.22. The molecule has 3 nitrogen and oxygen atoms in total. The molecule has 0 aromatic heterocycles. The van der Waals surface area contributed by atoms with Crippen molar-refractivity contribution in [2.75, 3.05) is 32.7 Å². The van der Waals surface area contributed by atoms with Crippen LogP contribution in [0.25, 0.3) is 21.9 Å². The van der Waals surface area contributed by atoms with Gasteiger partial charge < -0.3 is 4.90 Å². The maximum absolute atomic E-state index is 13.0. The van der Waals surface area contributed by atoms with E-state index in [2.05, 4.69) is 56.1 Å². The first-order valence-corrected chi connectivity index (χ1v) is 9.11. The Morgan fingerprint density at radius 3 is 2.23 bits per heavy atom. The van der Waals surface area contributed by atoms with Crippen molar-refractivity contribution in [2.24, 2.45) is 0 Å². The van der Waals surface area contributed by atoms with Gasteiger partial charge in [0.05, 0.1) is 6.67 Å². The van der Waals surface area contributed by atoms with Crippen LogP contribution in [-0.2, 0) is 6.42 Å². The van der Waals surface area contributed by atoms with E-state index in [-0.39, 0.29) is 5.78 Å². The van der Waals surface area contributed by atoms with Crippen LogP contribution in [0.5, 0.6) is 0 Å². The molecule has 0 unspecified atom stereocenters. The van der Waals surface area contributed by atoms with Crippen LogP contribution in [0.1, 0.15) is 28.4 Å². The highest BCUT2D eigenvalue weighted by molar-refractivity contribution is 6.26. The monoisotopic (exact) mass is 344 g/mol. The van der Waals surface area contributed by atoms with Gasteiger partial charge in [-0.2, -0.15) is 0 Å². The molecule has 132 valence electrons. The third kappa shape index (κ3) is 2.43. The maximum atomic E-state index is 13.0. The predicted molar refractivity (Wildman–Crippen MR) is 109 cm³/mol. The van der Waals surface area contributed by atoms with Crippen molar-refractivity contribution < 1.29 is 4.79 Å². The van der Waals surface area contributed by atoms with Crippen molar-refractivity contribution in [2.45, 2.75) is 13.3 Å². The zero-order valence-corrected chi connectivity index (χ0v) is 15.8. The van der Waals surface area contributed by atoms with E-state index in [1.165, 1.54) is 22.2 Å². The van der Waals surface area contributed by atoms with Crippen molar-refractivity contribution in [1.29, 1.82) is 0 Å². The fourth-order valence-electron chi connectivity index (χ4n) is 4.20. The molecule has 0 radical (unpaired) electrons. The Morgan fingerprint density at radius 2 is 1.54 bits per heavy atom. The molecule has 1 aliphatic rings. The van der Waals surface area contributed by atoms with E-state index in [9.17, 15) is 4.79 Å². The summed E-state index contributed by atoms with van der Waals surface area (Å²) in [5, 5.41) is 2.31. The molecule has 0 N–H and O–H groups in total. The van der Waals surface area contributed by atoms with Gasteiger partial charge in [0.2, 0.25) is 0 Å². The fourth-order valence-corrected chi connectivity index (χ4v) is 4.20. The molecule has 26 heavy (non-hydrogen) atoms. The standard InChI is InChI=1S/C23H24N2O/c1-5-15-17-11-8-12-19-22(17)20(13-21(15)25(4)14-24(2)3)16-9-6-7-10-18(16)23(19)26/h6-13H,5,14H2,1-4H3. The van der Waals surface area contributed by atoms with Gasteiger partial charge in [0, 0.05) is 29.2 Å². The molecule has 0 atom stereocenters. The Hall–Kier alpha value is -2.65. The van der Waals surface area contributed by atoms with Crippen LogP contribution in [0.3, 0.4) is 0 Å². The summed E-state index contributed by atoms with van der Waals surface area (Å²) in [6.45, 7) is 3.04. The molecule has 0 fully saturated rings. The number of benzene rings is 3. The summed E-state index contributed by atoms with van der Waals surface area (Å²) in [7, 11) is 6.30. The molecule has 3 aromatic carbocycles. The van der Waals surface area contributed by atoms with E-state index in [0.717, 1.165) is 35.2 Å². The topological polar surface area (TPSA) is 23.6 Å². The quantitative estimate of drug-likeness (QED) is 0.507. The molecule has 0 heterocycles. The summed E-state index contributed by atoms with van der Waals surface area (Å²) in [6.07, 6.45) is 0.934. The van der Waals surface area contributed by atoms with Gasteiger partial charge in [-0.05, 0) is 48.7 Å². The molecule has 3 heteroatoms. The van der Waals surface area contributed by atoms with Crippen LogP contribution < -0.4 is 4.90 Å². The molecular weight excluding hydrogens is 320 g/mol. The number of nitrogens with zero attached hydrogens (tertiary/aromatic N) is 2. The number of carbonyl (C=O) groups is 1. The van der Waals surface area contributed by atoms with Gasteiger partial charge in [-0.25, -0.2) is 0 Å². The highest BCUT2D eigenvalue weighted by atomic mass is 16.1. The Balaban J connectivity index is 2.09. The van der Waals surface area contributed by atoms with Crippen LogP contribution in [0.15, 0.2) is 48.5 Å². The summed E-state index contributed by atoms with van der Waals surface area (Å²) in [6, 6.07) is 16.4. The Morgan fingerprint density at radius 1 is 0.846 bits per heavy atom. The smallest absolute Gasteiger partial charge is 0.194 e. The van der Waals surface area contributed by atoms with Crippen molar-refractivity contribution in [3.63, 3.8) is 0 Å². The third-order valence-corrected chi connectivity index (χ3v) is 5.22. The Kier molecular flexibility index (Phi) is 4.04. The Bertz CT molecular complexity index is 1020. The summed E-state index contributed by atoms with van der Waals surface area (Å²) < 4.78 is 0. The van der Waals surface area contributed by atoms with Gasteiger partial charge in [0.15, 0.2) is 5.78 Å². The number of anilines is 1. The van der Waals surface area contributed by atoms with Gasteiger partial charge in [-0.3, -0.25) is 9.69 Å². The lowest BCUT2D eigenvalue weighted by molar-refractivity contribution is 0.104. The lowest BCUT2D eigenvalue weighted by Gasteiger charge is -2.29. The number of rotatable bonds is 4. The molecule has 0 bridgehead atoms. The van der Waals surface area contributed by atoms with E-state index < -0.39 is 0 Å². The van der Waals surface area contributed by atoms with Crippen LogP contribution in [-0.4, -0.2) is 38.5 Å². The molecule has 1 aliphatic carbocycles. The first kappa shape index (κ1) is 16.8. The number of fused-ring (bicyclic) bond motifs is 2. The molecule has 0 spiro atoms. The summed E-state index contributed by atoms with van der Waals surface area (Å²) in [5.41, 5.74) is 6.39. The van der Waals surface area contributed by atoms with Crippen molar-refractivity contribution in [1.82, 2.24) is 4.90 Å². The molecule has 0 saturated carbocycles. The second-order valence-corrected chi connectivity index (χ2v) is 7.30. The Labute approximate surface area is 154 Å². The lowest BCUT2D eigenvalue weighted by Crippen LogP contribution is -2.31. The fraction of sp³-hybridized carbons (Fsp3) is 0.261. The average Bonchev–Trinajstić information content (AvgIpc) is 2.64. The molecule has 0 amide bonds. The molecule has 3 aromatic rings. The first-order chi connectivity index (χ1) is 12.5. The lowest BCUT2D eigenvalue weighted by atomic mass is 9.81. The van der Waals surface area contributed by atoms with Gasteiger partial charge in [0.25, 0.3) is 0 Å². The van der Waals surface area contributed by atoms with E-state index in [1.54, 1.807) is 0 Å². The number of aryl methyl sites for hydroxylation is 1. The van der Waals surface area contributed by atoms with Crippen molar-refractivity contribution in [3.8, 4) is 11.1 Å². The van der Waals surface area contributed by atoms with Crippen molar-refractivity contribution in [3.05, 3.63) is 65.2 Å². The maximum Gasteiger partial charge on any atom is 0.194 e. The van der Waals surface area contributed by atoms with Crippen LogP contribution in [0.2, 0.25) is 0 Å². The van der Waals surface area contributed by atoms with Gasteiger partial charge in [-0.1, -0.05) is 49.4 Å². The largest absolute Gasteiger partial charge is 0.361 e. The minimum Gasteiger partial charge on any atom is -0.361 e. The predicted octanol–water partition coefficient (Wildman–Crippen LogP) is 4.57. The normalized spacial score (nSPS) is 12.6. The highest BCUT2D eigenvalue weighted by Gasteiger charge is 2.27. The number of ketones is 1. The zero-order chi connectivity index (χ0) is 18.4. The number of hydrogen-bond acceptors (Lipinski definition) is 3. The molecular formula is C23H24N2O. The molecule has 4 rings (SSSR count). The van der Waals surface area contributed by atoms with Gasteiger partial charge in [0.1, 0.15) is 0 Å². The van der Waals surface area contributed by atoms with E-state index in [4.69, 9.17) is 0 Å².